The first-order valence-electron chi connectivity index (χ1n) is 4.01. The number of nitrogens with zero attached hydrogens (tertiary/aromatic N) is 1. The molecule has 1 aliphatic carbocycles. The van der Waals surface area contributed by atoms with Gasteiger partial charge >= 0.3 is 0 Å². The molecule has 0 spiro atoms. The van der Waals surface area contributed by atoms with Gasteiger partial charge in [-0.2, -0.15) is 0 Å². The third-order valence-corrected chi connectivity index (χ3v) is 1.85. The quantitative estimate of drug-likeness (QED) is 0.683. The summed E-state index contributed by atoms with van der Waals surface area (Å²) in [6.45, 7) is 0.620. The molecular weight excluding hydrogens is 157 g/mol. The monoisotopic (exact) mass is 166 g/mol. The molecule has 1 saturated carbocycles. The first kappa shape index (κ1) is 7.53. The van der Waals surface area contributed by atoms with Gasteiger partial charge in [-0.1, -0.05) is 0 Å². The van der Waals surface area contributed by atoms with Crippen molar-refractivity contribution in [3.05, 3.63) is 24.3 Å². The van der Waals surface area contributed by atoms with E-state index in [0.717, 1.165) is 0 Å². The van der Waals surface area contributed by atoms with Crippen LogP contribution in [0.2, 0.25) is 0 Å². The minimum atomic E-state index is -0.502. The fraction of sp³-hybridized carbons (Fsp3) is 0.444. The molecule has 0 aromatic carbocycles. The van der Waals surface area contributed by atoms with Gasteiger partial charge < -0.3 is 4.74 Å². The predicted molar refractivity (Wildman–Crippen MR) is 41.3 cm³/mol. The summed E-state index contributed by atoms with van der Waals surface area (Å²) in [5, 5.41) is 0. The van der Waals surface area contributed by atoms with Crippen LogP contribution >= 0.6 is 0 Å². The van der Waals surface area contributed by atoms with Crippen molar-refractivity contribution in [1.29, 1.82) is 0 Å². The SMILES string of the molecule is Fc1[c]nccc1OCC1CC1. The Hall–Kier alpha value is -1.12. The van der Waals surface area contributed by atoms with E-state index >= 15 is 0 Å². The molecule has 1 radical (unpaired) electrons. The Balaban J connectivity index is 1.96. The van der Waals surface area contributed by atoms with Crippen LogP contribution in [0.15, 0.2) is 12.3 Å². The molecule has 1 heterocycles. The average Bonchev–Trinajstić information content (AvgIpc) is 2.86. The van der Waals surface area contributed by atoms with Crippen LogP contribution in [0.1, 0.15) is 12.8 Å². The van der Waals surface area contributed by atoms with Crippen molar-refractivity contribution in [2.45, 2.75) is 12.8 Å². The van der Waals surface area contributed by atoms with Crippen LogP contribution in [0.3, 0.4) is 0 Å². The number of halogens is 1. The maximum absolute atomic E-state index is 12.8. The van der Waals surface area contributed by atoms with Crippen molar-refractivity contribution in [3.63, 3.8) is 0 Å². The van der Waals surface area contributed by atoms with Crippen LogP contribution in [-0.4, -0.2) is 11.6 Å². The molecule has 0 atom stereocenters. The summed E-state index contributed by atoms with van der Waals surface area (Å²) in [6.07, 6.45) is 6.09. The van der Waals surface area contributed by atoms with Gasteiger partial charge in [0.05, 0.1) is 6.61 Å². The van der Waals surface area contributed by atoms with Gasteiger partial charge in [-0.15, -0.1) is 0 Å². The van der Waals surface area contributed by atoms with E-state index in [1.807, 2.05) is 0 Å². The van der Waals surface area contributed by atoms with E-state index < -0.39 is 5.82 Å². The largest absolute Gasteiger partial charge is 0.490 e. The molecule has 0 N–H and O–H groups in total. The molecule has 3 heteroatoms. The van der Waals surface area contributed by atoms with E-state index in [1.165, 1.54) is 25.1 Å². The molecule has 1 aromatic rings. The summed E-state index contributed by atoms with van der Waals surface area (Å²) in [6, 6.07) is 1.52. The lowest BCUT2D eigenvalue weighted by atomic mass is 10.4. The van der Waals surface area contributed by atoms with Crippen LogP contribution in [0.25, 0.3) is 0 Å². The molecule has 0 saturated heterocycles. The lowest BCUT2D eigenvalue weighted by molar-refractivity contribution is 0.284. The molecule has 0 unspecified atom stereocenters. The Morgan fingerprint density at radius 1 is 1.67 bits per heavy atom. The number of hydrogen-bond donors (Lipinski definition) is 0. The highest BCUT2D eigenvalue weighted by Crippen LogP contribution is 2.29. The van der Waals surface area contributed by atoms with E-state index in [9.17, 15) is 4.39 Å². The fourth-order valence-corrected chi connectivity index (χ4v) is 0.931. The first-order valence-corrected chi connectivity index (χ1v) is 4.01. The lowest BCUT2D eigenvalue weighted by Crippen LogP contribution is -2.00. The Kier molecular flexibility index (Phi) is 1.94. The summed E-state index contributed by atoms with van der Waals surface area (Å²) in [7, 11) is 0. The summed E-state index contributed by atoms with van der Waals surface area (Å²) < 4.78 is 18.0. The third kappa shape index (κ3) is 1.72. The second-order valence-corrected chi connectivity index (χ2v) is 2.99. The molecule has 1 aliphatic rings. The number of aromatic nitrogens is 1. The summed E-state index contributed by atoms with van der Waals surface area (Å²) in [4.78, 5) is 3.51. The zero-order valence-corrected chi connectivity index (χ0v) is 6.59. The number of rotatable bonds is 3. The lowest BCUT2D eigenvalue weighted by Gasteiger charge is -2.03. The Morgan fingerprint density at radius 3 is 3.17 bits per heavy atom. The highest BCUT2D eigenvalue weighted by atomic mass is 19.1. The zero-order valence-electron chi connectivity index (χ0n) is 6.59. The molecule has 0 bridgehead atoms. The van der Waals surface area contributed by atoms with Crippen LogP contribution in [0.4, 0.5) is 4.39 Å². The van der Waals surface area contributed by atoms with Gasteiger partial charge in [0.1, 0.15) is 6.20 Å². The van der Waals surface area contributed by atoms with E-state index in [0.29, 0.717) is 12.5 Å². The van der Waals surface area contributed by atoms with Crippen molar-refractivity contribution < 1.29 is 9.13 Å². The van der Waals surface area contributed by atoms with Gasteiger partial charge in [0.15, 0.2) is 11.6 Å². The van der Waals surface area contributed by atoms with E-state index in [4.69, 9.17) is 4.74 Å². The van der Waals surface area contributed by atoms with Gasteiger partial charge in [0.25, 0.3) is 0 Å². The molecule has 1 aromatic heterocycles. The maximum atomic E-state index is 12.8. The molecule has 12 heavy (non-hydrogen) atoms. The van der Waals surface area contributed by atoms with Crippen molar-refractivity contribution in [3.8, 4) is 5.75 Å². The summed E-state index contributed by atoms with van der Waals surface area (Å²) >= 11 is 0. The van der Waals surface area contributed by atoms with Gasteiger partial charge in [0.2, 0.25) is 0 Å². The van der Waals surface area contributed by atoms with Gasteiger partial charge in [0, 0.05) is 12.3 Å². The molecule has 63 valence electrons. The predicted octanol–water partition coefficient (Wildman–Crippen LogP) is 1.81. The molecule has 0 aliphatic heterocycles. The highest BCUT2D eigenvalue weighted by Gasteiger charge is 2.22. The summed E-state index contributed by atoms with van der Waals surface area (Å²) in [5.74, 6) is 0.396. The Labute approximate surface area is 70.4 Å². The number of pyridine rings is 1. The van der Waals surface area contributed by atoms with Crippen molar-refractivity contribution in [1.82, 2.24) is 4.98 Å². The summed E-state index contributed by atoms with van der Waals surface area (Å²) in [5.41, 5.74) is 0. The topological polar surface area (TPSA) is 22.1 Å². The number of hydrogen-bond acceptors (Lipinski definition) is 2. The van der Waals surface area contributed by atoms with E-state index in [-0.39, 0.29) is 5.75 Å². The first-order chi connectivity index (χ1) is 5.86. The second kappa shape index (κ2) is 3.09. The maximum Gasteiger partial charge on any atom is 0.192 e. The fourth-order valence-electron chi connectivity index (χ4n) is 0.931. The Morgan fingerprint density at radius 2 is 2.50 bits per heavy atom. The second-order valence-electron chi connectivity index (χ2n) is 2.99. The standard InChI is InChI=1S/C9H9FNO/c10-8-5-11-4-3-9(8)12-6-7-1-2-7/h3-4,7H,1-2,6H2. The molecule has 2 rings (SSSR count). The molecule has 0 amide bonds. The number of ether oxygens (including phenoxy) is 1. The van der Waals surface area contributed by atoms with Crippen LogP contribution < -0.4 is 4.74 Å². The normalized spacial score (nSPS) is 16.1. The van der Waals surface area contributed by atoms with Gasteiger partial charge in [-0.3, -0.25) is 4.98 Å². The minimum absolute atomic E-state index is 0.261. The zero-order chi connectivity index (χ0) is 8.39. The molecule has 2 nitrogen and oxygen atoms in total. The van der Waals surface area contributed by atoms with Gasteiger partial charge in [-0.05, 0) is 18.8 Å². The van der Waals surface area contributed by atoms with E-state index in [1.54, 1.807) is 0 Å². The average molecular weight is 166 g/mol. The van der Waals surface area contributed by atoms with Crippen LogP contribution in [0.5, 0.6) is 5.75 Å². The van der Waals surface area contributed by atoms with Crippen molar-refractivity contribution in [2.75, 3.05) is 6.61 Å². The van der Waals surface area contributed by atoms with Crippen molar-refractivity contribution in [2.24, 2.45) is 5.92 Å². The highest BCUT2D eigenvalue weighted by molar-refractivity contribution is 5.18. The molecular formula is C9H9FNO. The third-order valence-electron chi connectivity index (χ3n) is 1.85. The van der Waals surface area contributed by atoms with Crippen molar-refractivity contribution >= 4 is 0 Å². The van der Waals surface area contributed by atoms with Crippen LogP contribution in [0, 0.1) is 17.9 Å². The Bertz CT molecular complexity index is 273. The van der Waals surface area contributed by atoms with E-state index in [2.05, 4.69) is 11.2 Å². The smallest absolute Gasteiger partial charge is 0.192 e. The van der Waals surface area contributed by atoms with Gasteiger partial charge in [-0.25, -0.2) is 4.39 Å². The van der Waals surface area contributed by atoms with Crippen LogP contribution in [-0.2, 0) is 0 Å². The molecule has 1 fully saturated rings. The minimum Gasteiger partial charge on any atom is -0.490 e.